The molecule has 0 radical (unpaired) electrons. The highest BCUT2D eigenvalue weighted by Crippen LogP contribution is 2.31. The first-order valence-corrected chi connectivity index (χ1v) is 5.62. The molecule has 2 fully saturated rings. The van der Waals surface area contributed by atoms with E-state index >= 15 is 0 Å². The van der Waals surface area contributed by atoms with E-state index in [1.807, 2.05) is 0 Å². The van der Waals surface area contributed by atoms with E-state index in [9.17, 15) is 5.26 Å². The zero-order valence-electron chi connectivity index (χ0n) is 9.57. The average molecular weight is 209 g/mol. The molecule has 84 valence electrons. The molecular weight excluding hydrogens is 190 g/mol. The number of hydrogen-bond acceptors (Lipinski definition) is 4. The lowest BCUT2D eigenvalue weighted by molar-refractivity contribution is -0.000186. The van der Waals surface area contributed by atoms with Crippen LogP contribution in [0.2, 0.25) is 0 Å². The predicted octanol–water partition coefficient (Wildman–Crippen LogP) is 0.305. The maximum Gasteiger partial charge on any atom is 0.123 e. The van der Waals surface area contributed by atoms with Gasteiger partial charge in [-0.05, 0) is 20.4 Å². The SMILES string of the molecule is CC1CC(C#N)(N2CCOCC2)CN1C. The third kappa shape index (κ3) is 1.87. The molecule has 2 heterocycles. The summed E-state index contributed by atoms with van der Waals surface area (Å²) in [5.74, 6) is 0. The van der Waals surface area contributed by atoms with Gasteiger partial charge in [-0.3, -0.25) is 4.90 Å². The van der Waals surface area contributed by atoms with E-state index in [4.69, 9.17) is 4.74 Å². The molecule has 2 rings (SSSR count). The van der Waals surface area contributed by atoms with Crippen molar-refractivity contribution in [2.24, 2.45) is 0 Å². The van der Waals surface area contributed by atoms with Crippen molar-refractivity contribution in [2.75, 3.05) is 39.9 Å². The molecule has 4 nitrogen and oxygen atoms in total. The molecule has 0 bridgehead atoms. The molecular formula is C11H19N3O. The van der Waals surface area contributed by atoms with E-state index in [0.29, 0.717) is 6.04 Å². The van der Waals surface area contributed by atoms with Crippen LogP contribution in [0.5, 0.6) is 0 Å². The van der Waals surface area contributed by atoms with Crippen molar-refractivity contribution in [3.63, 3.8) is 0 Å². The Kier molecular flexibility index (Phi) is 2.96. The summed E-state index contributed by atoms with van der Waals surface area (Å²) in [7, 11) is 2.10. The summed E-state index contributed by atoms with van der Waals surface area (Å²) in [6.07, 6.45) is 0.958. The number of hydrogen-bond donors (Lipinski definition) is 0. The molecule has 0 aromatic heterocycles. The molecule has 15 heavy (non-hydrogen) atoms. The van der Waals surface area contributed by atoms with Crippen LogP contribution in [-0.2, 0) is 4.74 Å². The lowest BCUT2D eigenvalue weighted by Crippen LogP contribution is -2.54. The highest BCUT2D eigenvalue weighted by Gasteiger charge is 2.45. The maximum absolute atomic E-state index is 9.45. The second kappa shape index (κ2) is 4.09. The van der Waals surface area contributed by atoms with Gasteiger partial charge >= 0.3 is 0 Å². The van der Waals surface area contributed by atoms with Crippen LogP contribution < -0.4 is 0 Å². The van der Waals surface area contributed by atoms with Crippen LogP contribution in [0.1, 0.15) is 13.3 Å². The largest absolute Gasteiger partial charge is 0.379 e. The number of nitrogens with zero attached hydrogens (tertiary/aromatic N) is 3. The van der Waals surface area contributed by atoms with E-state index in [-0.39, 0.29) is 5.54 Å². The van der Waals surface area contributed by atoms with E-state index in [0.717, 1.165) is 39.3 Å². The molecule has 0 amide bonds. The van der Waals surface area contributed by atoms with Crippen molar-refractivity contribution in [1.82, 2.24) is 9.80 Å². The first kappa shape index (κ1) is 10.9. The summed E-state index contributed by atoms with van der Waals surface area (Å²) in [6.45, 7) is 6.38. The number of morpholine rings is 1. The normalized spacial score (nSPS) is 39.1. The molecule has 0 aromatic rings. The third-order valence-corrected chi connectivity index (χ3v) is 3.72. The molecule has 0 aromatic carbocycles. The lowest BCUT2D eigenvalue weighted by atomic mass is 9.95. The molecule has 2 saturated heterocycles. The van der Waals surface area contributed by atoms with Gasteiger partial charge in [0.15, 0.2) is 0 Å². The minimum Gasteiger partial charge on any atom is -0.379 e. The van der Waals surface area contributed by atoms with E-state index < -0.39 is 0 Å². The van der Waals surface area contributed by atoms with Gasteiger partial charge in [0, 0.05) is 25.7 Å². The molecule has 2 aliphatic heterocycles. The maximum atomic E-state index is 9.45. The zero-order valence-corrected chi connectivity index (χ0v) is 9.57. The van der Waals surface area contributed by atoms with Gasteiger partial charge in [-0.25, -0.2) is 0 Å². The summed E-state index contributed by atoms with van der Waals surface area (Å²) in [4.78, 5) is 4.58. The summed E-state index contributed by atoms with van der Waals surface area (Å²) in [5, 5.41) is 9.45. The van der Waals surface area contributed by atoms with Crippen molar-refractivity contribution in [2.45, 2.75) is 24.9 Å². The second-order valence-corrected chi connectivity index (χ2v) is 4.71. The van der Waals surface area contributed by atoms with Gasteiger partial charge in [0.1, 0.15) is 5.54 Å². The Bertz CT molecular complexity index is 257. The van der Waals surface area contributed by atoms with Gasteiger partial charge in [0.2, 0.25) is 0 Å². The Morgan fingerprint density at radius 3 is 2.53 bits per heavy atom. The fourth-order valence-corrected chi connectivity index (χ4v) is 2.65. The number of ether oxygens (including phenoxy) is 1. The molecule has 2 aliphatic rings. The standard InChI is InChI=1S/C11H19N3O/c1-10-7-11(8-12,9-13(10)2)14-3-5-15-6-4-14/h10H,3-7,9H2,1-2H3. The van der Waals surface area contributed by atoms with Crippen molar-refractivity contribution >= 4 is 0 Å². The number of likely N-dealkylation sites (N-methyl/N-ethyl adjacent to an activating group) is 1. The van der Waals surface area contributed by atoms with Gasteiger partial charge in [0.25, 0.3) is 0 Å². The topological polar surface area (TPSA) is 39.5 Å². The Hall–Kier alpha value is -0.630. The van der Waals surface area contributed by atoms with Crippen LogP contribution in [0.3, 0.4) is 0 Å². The van der Waals surface area contributed by atoms with Crippen molar-refractivity contribution in [3.8, 4) is 6.07 Å². The fourth-order valence-electron chi connectivity index (χ4n) is 2.65. The summed E-state index contributed by atoms with van der Waals surface area (Å²) in [5.41, 5.74) is -0.266. The van der Waals surface area contributed by atoms with E-state index in [1.54, 1.807) is 0 Å². The quantitative estimate of drug-likeness (QED) is 0.623. The van der Waals surface area contributed by atoms with Crippen LogP contribution in [0.4, 0.5) is 0 Å². The zero-order chi connectivity index (χ0) is 10.9. The highest BCUT2D eigenvalue weighted by atomic mass is 16.5. The van der Waals surface area contributed by atoms with Gasteiger partial charge in [-0.15, -0.1) is 0 Å². The Labute approximate surface area is 91.4 Å². The molecule has 0 N–H and O–H groups in total. The summed E-state index contributed by atoms with van der Waals surface area (Å²) in [6, 6.07) is 3.04. The van der Waals surface area contributed by atoms with E-state index in [1.165, 1.54) is 0 Å². The third-order valence-electron chi connectivity index (χ3n) is 3.72. The molecule has 4 heteroatoms. The fraction of sp³-hybridized carbons (Fsp3) is 0.909. The first-order chi connectivity index (χ1) is 7.18. The number of rotatable bonds is 1. The van der Waals surface area contributed by atoms with Crippen LogP contribution in [0.15, 0.2) is 0 Å². The molecule has 0 saturated carbocycles. The molecule has 0 spiro atoms. The Morgan fingerprint density at radius 1 is 1.40 bits per heavy atom. The smallest absolute Gasteiger partial charge is 0.123 e. The Morgan fingerprint density at radius 2 is 2.07 bits per heavy atom. The van der Waals surface area contributed by atoms with E-state index in [2.05, 4.69) is 29.8 Å². The minimum absolute atomic E-state index is 0.266. The second-order valence-electron chi connectivity index (χ2n) is 4.71. The molecule has 0 aliphatic carbocycles. The van der Waals surface area contributed by atoms with Gasteiger partial charge in [0.05, 0.1) is 19.3 Å². The van der Waals surface area contributed by atoms with Gasteiger partial charge in [-0.1, -0.05) is 0 Å². The summed E-state index contributed by atoms with van der Waals surface area (Å²) >= 11 is 0. The van der Waals surface area contributed by atoms with Crippen molar-refractivity contribution in [3.05, 3.63) is 0 Å². The first-order valence-electron chi connectivity index (χ1n) is 5.62. The lowest BCUT2D eigenvalue weighted by Gasteiger charge is -2.38. The molecule has 2 unspecified atom stereocenters. The average Bonchev–Trinajstić information content (AvgIpc) is 2.57. The van der Waals surface area contributed by atoms with Crippen LogP contribution in [0, 0.1) is 11.3 Å². The summed E-state index contributed by atoms with van der Waals surface area (Å²) < 4.78 is 5.34. The van der Waals surface area contributed by atoms with Crippen LogP contribution >= 0.6 is 0 Å². The van der Waals surface area contributed by atoms with Crippen molar-refractivity contribution in [1.29, 1.82) is 5.26 Å². The van der Waals surface area contributed by atoms with Gasteiger partial charge in [-0.2, -0.15) is 5.26 Å². The number of nitriles is 1. The Balaban J connectivity index is 2.12. The minimum atomic E-state index is -0.266. The highest BCUT2D eigenvalue weighted by molar-refractivity contribution is 5.15. The van der Waals surface area contributed by atoms with Gasteiger partial charge < -0.3 is 9.64 Å². The van der Waals surface area contributed by atoms with Crippen LogP contribution in [-0.4, -0.2) is 61.3 Å². The molecule has 2 atom stereocenters. The van der Waals surface area contributed by atoms with Crippen LogP contribution in [0.25, 0.3) is 0 Å². The van der Waals surface area contributed by atoms with Crippen molar-refractivity contribution < 1.29 is 4.74 Å². The number of likely N-dealkylation sites (tertiary alicyclic amines) is 1. The monoisotopic (exact) mass is 209 g/mol. The predicted molar refractivity (Wildman–Crippen MR) is 57.4 cm³/mol.